The number of carbonyl (C=O) groups is 2. The lowest BCUT2D eigenvalue weighted by Gasteiger charge is -2.10. The van der Waals surface area contributed by atoms with Crippen molar-refractivity contribution in [3.63, 3.8) is 0 Å². The van der Waals surface area contributed by atoms with Crippen LogP contribution in [-0.4, -0.2) is 11.6 Å². The molecule has 0 spiro atoms. The van der Waals surface area contributed by atoms with Crippen LogP contribution in [0.25, 0.3) is 0 Å². The second-order valence-electron chi connectivity index (χ2n) is 5.47. The molecule has 0 aromatic heterocycles. The van der Waals surface area contributed by atoms with Crippen molar-refractivity contribution in [2.75, 3.05) is 5.32 Å². The van der Waals surface area contributed by atoms with E-state index in [4.69, 9.17) is 0 Å². The smallest absolute Gasteiger partial charge is 0.209 e. The maximum absolute atomic E-state index is 12.8. The highest BCUT2D eigenvalue weighted by Crippen LogP contribution is 2.15. The number of benzene rings is 3. The number of hydrogen-bond donors (Lipinski definition) is 1. The number of carbonyl (C=O) groups excluding carboxylic acids is 2. The maximum Gasteiger partial charge on any atom is 0.209 e. The van der Waals surface area contributed by atoms with Crippen LogP contribution in [0.5, 0.6) is 0 Å². The standard InChI is InChI=1S/C22H17NO2/c24-21(17-10-4-1-5-11-17)16-20(23-19-14-8-3-9-15-19)22(25)18-12-6-2-7-13-18/h1-16,23H/b20-16-. The summed E-state index contributed by atoms with van der Waals surface area (Å²) in [6, 6.07) is 27.1. The van der Waals surface area contributed by atoms with E-state index >= 15 is 0 Å². The van der Waals surface area contributed by atoms with Crippen LogP contribution in [-0.2, 0) is 0 Å². The van der Waals surface area contributed by atoms with Gasteiger partial charge < -0.3 is 5.32 Å². The van der Waals surface area contributed by atoms with Gasteiger partial charge in [0.2, 0.25) is 5.78 Å². The number of para-hydroxylation sites is 1. The van der Waals surface area contributed by atoms with Gasteiger partial charge in [0.15, 0.2) is 5.78 Å². The number of rotatable bonds is 6. The number of hydrogen-bond acceptors (Lipinski definition) is 3. The lowest BCUT2D eigenvalue weighted by molar-refractivity contribution is 0.101. The fourth-order valence-electron chi connectivity index (χ4n) is 2.40. The third kappa shape index (κ3) is 4.30. The highest BCUT2D eigenvalue weighted by molar-refractivity contribution is 6.16. The second kappa shape index (κ2) is 7.88. The van der Waals surface area contributed by atoms with Crippen LogP contribution >= 0.6 is 0 Å². The first-order chi connectivity index (χ1) is 12.2. The molecule has 3 aromatic rings. The molecule has 3 heteroatoms. The zero-order valence-electron chi connectivity index (χ0n) is 13.6. The van der Waals surface area contributed by atoms with E-state index in [0.717, 1.165) is 5.69 Å². The monoisotopic (exact) mass is 327 g/mol. The molecular weight excluding hydrogens is 310 g/mol. The van der Waals surface area contributed by atoms with E-state index in [2.05, 4.69) is 5.32 Å². The third-order valence-electron chi connectivity index (χ3n) is 3.67. The van der Waals surface area contributed by atoms with Crippen molar-refractivity contribution < 1.29 is 9.59 Å². The van der Waals surface area contributed by atoms with Gasteiger partial charge in [-0.2, -0.15) is 0 Å². The Morgan fingerprint density at radius 1 is 0.640 bits per heavy atom. The van der Waals surface area contributed by atoms with Crippen molar-refractivity contribution in [1.82, 2.24) is 0 Å². The molecule has 0 fully saturated rings. The van der Waals surface area contributed by atoms with Crippen LogP contribution in [0.4, 0.5) is 5.69 Å². The Labute approximate surface area is 146 Å². The predicted octanol–water partition coefficient (Wildman–Crippen LogP) is 4.75. The Kier molecular flexibility index (Phi) is 5.17. The van der Waals surface area contributed by atoms with E-state index < -0.39 is 0 Å². The summed E-state index contributed by atoms with van der Waals surface area (Å²) >= 11 is 0. The zero-order chi connectivity index (χ0) is 17.5. The number of anilines is 1. The molecule has 0 radical (unpaired) electrons. The van der Waals surface area contributed by atoms with Gasteiger partial charge in [-0.15, -0.1) is 0 Å². The fraction of sp³-hybridized carbons (Fsp3) is 0. The molecule has 25 heavy (non-hydrogen) atoms. The molecule has 1 N–H and O–H groups in total. The van der Waals surface area contributed by atoms with Crippen molar-refractivity contribution >= 4 is 17.3 Å². The van der Waals surface area contributed by atoms with Crippen LogP contribution in [0, 0.1) is 0 Å². The minimum absolute atomic E-state index is 0.219. The molecular formula is C22H17NO2. The van der Waals surface area contributed by atoms with Gasteiger partial charge in [0.05, 0.1) is 5.70 Å². The summed E-state index contributed by atoms with van der Waals surface area (Å²) in [5, 5.41) is 3.07. The van der Waals surface area contributed by atoms with Gasteiger partial charge in [-0.05, 0) is 12.1 Å². The largest absolute Gasteiger partial charge is 0.352 e. The summed E-state index contributed by atoms with van der Waals surface area (Å²) in [5.41, 5.74) is 2.05. The molecule has 0 heterocycles. The number of Topliss-reactive ketones (excluding diaryl/α,β-unsaturated/α-hetero) is 1. The van der Waals surface area contributed by atoms with Crippen LogP contribution in [0.15, 0.2) is 103 Å². The Bertz CT molecular complexity index is 885. The summed E-state index contributed by atoms with van der Waals surface area (Å²) in [6.45, 7) is 0. The first kappa shape index (κ1) is 16.4. The number of ketones is 2. The molecule has 0 saturated carbocycles. The molecule has 0 atom stereocenters. The minimum Gasteiger partial charge on any atom is -0.352 e. The van der Waals surface area contributed by atoms with Crippen molar-refractivity contribution in [1.29, 1.82) is 0 Å². The van der Waals surface area contributed by atoms with Gasteiger partial charge in [-0.3, -0.25) is 9.59 Å². The summed E-state index contributed by atoms with van der Waals surface area (Å²) in [7, 11) is 0. The lowest BCUT2D eigenvalue weighted by atomic mass is 10.0. The van der Waals surface area contributed by atoms with Gasteiger partial charge in [0.1, 0.15) is 0 Å². The van der Waals surface area contributed by atoms with Crippen molar-refractivity contribution in [3.8, 4) is 0 Å². The molecule has 0 aliphatic carbocycles. The molecule has 3 rings (SSSR count). The first-order valence-corrected chi connectivity index (χ1v) is 7.97. The SMILES string of the molecule is O=C(/C=C(\Nc1ccccc1)C(=O)c1ccccc1)c1ccccc1. The van der Waals surface area contributed by atoms with E-state index in [9.17, 15) is 9.59 Å². The summed E-state index contributed by atoms with van der Waals surface area (Å²) in [4.78, 5) is 25.3. The van der Waals surface area contributed by atoms with E-state index in [1.807, 2.05) is 42.5 Å². The van der Waals surface area contributed by atoms with Crippen molar-refractivity contribution in [2.24, 2.45) is 0 Å². The highest BCUT2D eigenvalue weighted by Gasteiger charge is 2.15. The normalized spacial score (nSPS) is 11.0. The van der Waals surface area contributed by atoms with Gasteiger partial charge in [0.25, 0.3) is 0 Å². The van der Waals surface area contributed by atoms with E-state index in [0.29, 0.717) is 11.1 Å². The average Bonchev–Trinajstić information content (AvgIpc) is 2.69. The van der Waals surface area contributed by atoms with Crippen molar-refractivity contribution in [3.05, 3.63) is 114 Å². The number of allylic oxidation sites excluding steroid dienone is 2. The molecule has 122 valence electrons. The van der Waals surface area contributed by atoms with Gasteiger partial charge >= 0.3 is 0 Å². The van der Waals surface area contributed by atoms with Gasteiger partial charge in [-0.1, -0.05) is 78.9 Å². The Morgan fingerprint density at radius 2 is 1.12 bits per heavy atom. The minimum atomic E-state index is -0.228. The summed E-state index contributed by atoms with van der Waals surface area (Å²) in [6.07, 6.45) is 1.36. The fourth-order valence-corrected chi connectivity index (χ4v) is 2.40. The topological polar surface area (TPSA) is 46.2 Å². The molecule has 0 aliphatic rings. The van der Waals surface area contributed by atoms with Crippen LogP contribution in [0.1, 0.15) is 20.7 Å². The van der Waals surface area contributed by atoms with E-state index in [-0.39, 0.29) is 17.3 Å². The Morgan fingerprint density at radius 3 is 1.68 bits per heavy atom. The highest BCUT2D eigenvalue weighted by atomic mass is 16.1. The van der Waals surface area contributed by atoms with E-state index in [1.54, 1.807) is 48.5 Å². The van der Waals surface area contributed by atoms with Crippen LogP contribution in [0.2, 0.25) is 0 Å². The average molecular weight is 327 g/mol. The third-order valence-corrected chi connectivity index (χ3v) is 3.67. The lowest BCUT2D eigenvalue weighted by Crippen LogP contribution is -2.14. The molecule has 0 amide bonds. The maximum atomic E-state index is 12.8. The molecule has 0 aliphatic heterocycles. The zero-order valence-corrected chi connectivity index (χ0v) is 13.6. The van der Waals surface area contributed by atoms with Crippen molar-refractivity contribution in [2.45, 2.75) is 0 Å². The molecule has 3 aromatic carbocycles. The Balaban J connectivity index is 1.95. The molecule has 0 saturated heterocycles. The molecule has 0 bridgehead atoms. The quantitative estimate of drug-likeness (QED) is 0.525. The van der Waals surface area contributed by atoms with Crippen LogP contribution in [0.3, 0.4) is 0 Å². The Hall–Kier alpha value is -3.46. The molecule has 3 nitrogen and oxygen atoms in total. The first-order valence-electron chi connectivity index (χ1n) is 7.97. The van der Waals surface area contributed by atoms with Crippen LogP contribution < -0.4 is 5.32 Å². The second-order valence-corrected chi connectivity index (χ2v) is 5.47. The van der Waals surface area contributed by atoms with Gasteiger partial charge in [-0.25, -0.2) is 0 Å². The number of nitrogens with one attached hydrogen (secondary N) is 1. The van der Waals surface area contributed by atoms with E-state index in [1.165, 1.54) is 6.08 Å². The predicted molar refractivity (Wildman–Crippen MR) is 99.7 cm³/mol. The van der Waals surface area contributed by atoms with Gasteiger partial charge in [0, 0.05) is 22.9 Å². The summed E-state index contributed by atoms with van der Waals surface area (Å²) < 4.78 is 0. The summed E-state index contributed by atoms with van der Waals surface area (Å²) in [5.74, 6) is -0.447. The molecule has 0 unspecified atom stereocenters.